The van der Waals surface area contributed by atoms with Crippen LogP contribution in [0.15, 0.2) is 6.20 Å². The molecule has 1 N–H and O–H groups in total. The second-order valence-corrected chi connectivity index (χ2v) is 6.36. The van der Waals surface area contributed by atoms with Gasteiger partial charge in [-0.1, -0.05) is 13.8 Å². The molecule has 0 amide bonds. The fourth-order valence-corrected chi connectivity index (χ4v) is 2.93. The third-order valence-electron chi connectivity index (χ3n) is 1.71. The summed E-state index contributed by atoms with van der Waals surface area (Å²) in [6.45, 7) is 4.07. The van der Waals surface area contributed by atoms with Crippen molar-refractivity contribution in [3.05, 3.63) is 16.1 Å². The zero-order chi connectivity index (χ0) is 10.8. The van der Waals surface area contributed by atoms with Gasteiger partial charge in [-0.15, -0.1) is 11.3 Å². The molecule has 0 bridgehead atoms. The van der Waals surface area contributed by atoms with Gasteiger partial charge in [-0.3, -0.25) is 0 Å². The molecule has 0 aromatic carbocycles. The molecule has 1 aromatic heterocycles. The molecule has 0 aliphatic rings. The molecule has 1 heterocycles. The summed E-state index contributed by atoms with van der Waals surface area (Å²) in [6.07, 6.45) is 1.63. The van der Waals surface area contributed by atoms with Gasteiger partial charge in [0.2, 0.25) is 10.0 Å². The van der Waals surface area contributed by atoms with Crippen LogP contribution in [-0.4, -0.2) is 20.4 Å². The number of aromatic nitrogens is 1. The van der Waals surface area contributed by atoms with Crippen LogP contribution in [0.25, 0.3) is 0 Å². The van der Waals surface area contributed by atoms with E-state index in [1.54, 1.807) is 6.20 Å². The zero-order valence-corrected chi connectivity index (χ0v) is 10.1. The standard InChI is InChI=1S/C8H14N2O2S2/c1-6(2)8-10-4-7(13-8)5-14(11,12)9-3/h4,6,9H,5H2,1-3H3. The highest BCUT2D eigenvalue weighted by atomic mass is 32.2. The monoisotopic (exact) mass is 234 g/mol. The Bertz CT molecular complexity index is 395. The maximum atomic E-state index is 11.2. The maximum absolute atomic E-state index is 11.2. The molecule has 0 fully saturated rings. The van der Waals surface area contributed by atoms with E-state index in [4.69, 9.17) is 0 Å². The second-order valence-electron chi connectivity index (χ2n) is 3.28. The van der Waals surface area contributed by atoms with Crippen LogP contribution in [-0.2, 0) is 15.8 Å². The van der Waals surface area contributed by atoms with Crippen LogP contribution in [0.1, 0.15) is 29.7 Å². The van der Waals surface area contributed by atoms with E-state index in [1.165, 1.54) is 18.4 Å². The van der Waals surface area contributed by atoms with Crippen molar-refractivity contribution >= 4 is 21.4 Å². The minimum Gasteiger partial charge on any atom is -0.249 e. The Hall–Kier alpha value is -0.460. The van der Waals surface area contributed by atoms with Gasteiger partial charge in [0.05, 0.1) is 5.01 Å². The number of hydrogen-bond donors (Lipinski definition) is 1. The summed E-state index contributed by atoms with van der Waals surface area (Å²) in [7, 11) is -1.75. The third kappa shape index (κ3) is 3.04. The van der Waals surface area contributed by atoms with Crippen LogP contribution in [0.4, 0.5) is 0 Å². The molecule has 4 nitrogen and oxygen atoms in total. The first-order valence-corrected chi connectivity index (χ1v) is 6.77. The van der Waals surface area contributed by atoms with E-state index in [9.17, 15) is 8.42 Å². The van der Waals surface area contributed by atoms with Crippen molar-refractivity contribution in [1.29, 1.82) is 0 Å². The zero-order valence-electron chi connectivity index (χ0n) is 8.44. The highest BCUT2D eigenvalue weighted by molar-refractivity contribution is 7.88. The lowest BCUT2D eigenvalue weighted by Gasteiger charge is -1.98. The molecular weight excluding hydrogens is 220 g/mol. The highest BCUT2D eigenvalue weighted by Gasteiger charge is 2.12. The summed E-state index contributed by atoms with van der Waals surface area (Å²) in [5.74, 6) is 0.375. The van der Waals surface area contributed by atoms with Gasteiger partial charge in [0.25, 0.3) is 0 Å². The minimum absolute atomic E-state index is 0.0217. The van der Waals surface area contributed by atoms with Crippen LogP contribution in [0.5, 0.6) is 0 Å². The van der Waals surface area contributed by atoms with E-state index >= 15 is 0 Å². The highest BCUT2D eigenvalue weighted by Crippen LogP contribution is 2.22. The Kier molecular flexibility index (Phi) is 3.63. The molecule has 0 atom stereocenters. The van der Waals surface area contributed by atoms with Gasteiger partial charge in [0, 0.05) is 17.0 Å². The van der Waals surface area contributed by atoms with Crippen LogP contribution in [0, 0.1) is 0 Å². The van der Waals surface area contributed by atoms with Crippen molar-refractivity contribution < 1.29 is 8.42 Å². The maximum Gasteiger partial charge on any atom is 0.216 e. The lowest BCUT2D eigenvalue weighted by Crippen LogP contribution is -2.19. The Balaban J connectivity index is 2.79. The molecular formula is C8H14N2O2S2. The molecule has 0 saturated carbocycles. The van der Waals surface area contributed by atoms with E-state index < -0.39 is 10.0 Å². The lowest BCUT2D eigenvalue weighted by atomic mass is 10.2. The molecule has 0 aliphatic carbocycles. The fourth-order valence-electron chi connectivity index (χ4n) is 0.916. The number of sulfonamides is 1. The second kappa shape index (κ2) is 4.37. The normalized spacial score (nSPS) is 12.3. The SMILES string of the molecule is CNS(=O)(=O)Cc1cnc(C(C)C)s1. The molecule has 6 heteroatoms. The molecule has 0 aliphatic heterocycles. The summed E-state index contributed by atoms with van der Waals surface area (Å²) in [5.41, 5.74) is 0. The smallest absolute Gasteiger partial charge is 0.216 e. The molecule has 14 heavy (non-hydrogen) atoms. The van der Waals surface area contributed by atoms with Crippen molar-refractivity contribution in [3.63, 3.8) is 0 Å². The van der Waals surface area contributed by atoms with Gasteiger partial charge in [0.15, 0.2) is 0 Å². The third-order valence-corrected chi connectivity index (χ3v) is 4.50. The topological polar surface area (TPSA) is 59.1 Å². The van der Waals surface area contributed by atoms with Gasteiger partial charge >= 0.3 is 0 Å². The first-order valence-electron chi connectivity index (χ1n) is 4.30. The summed E-state index contributed by atoms with van der Waals surface area (Å²) < 4.78 is 24.7. The van der Waals surface area contributed by atoms with E-state index in [0.29, 0.717) is 5.92 Å². The van der Waals surface area contributed by atoms with Crippen molar-refractivity contribution in [1.82, 2.24) is 9.71 Å². The van der Waals surface area contributed by atoms with Crippen LogP contribution >= 0.6 is 11.3 Å². The number of hydrogen-bond acceptors (Lipinski definition) is 4. The predicted octanol–water partition coefficient (Wildman–Crippen LogP) is 1.32. The van der Waals surface area contributed by atoms with E-state index in [1.807, 2.05) is 13.8 Å². The van der Waals surface area contributed by atoms with Crippen LogP contribution in [0.3, 0.4) is 0 Å². The van der Waals surface area contributed by atoms with E-state index in [-0.39, 0.29) is 5.75 Å². The quantitative estimate of drug-likeness (QED) is 0.854. The van der Waals surface area contributed by atoms with Gasteiger partial charge in [-0.25, -0.2) is 18.1 Å². The van der Waals surface area contributed by atoms with Crippen molar-refractivity contribution in [3.8, 4) is 0 Å². The van der Waals surface area contributed by atoms with E-state index in [0.717, 1.165) is 9.88 Å². The first-order chi connectivity index (χ1) is 6.44. The predicted molar refractivity (Wildman–Crippen MR) is 57.9 cm³/mol. The summed E-state index contributed by atoms with van der Waals surface area (Å²) in [4.78, 5) is 4.94. The number of rotatable bonds is 4. The van der Waals surface area contributed by atoms with E-state index in [2.05, 4.69) is 9.71 Å². The van der Waals surface area contributed by atoms with Gasteiger partial charge < -0.3 is 0 Å². The Morgan fingerprint density at radius 1 is 1.57 bits per heavy atom. The Labute approximate surface area is 88.4 Å². The van der Waals surface area contributed by atoms with Gasteiger partial charge in [-0.05, 0) is 7.05 Å². The number of thiazole rings is 1. The number of nitrogens with one attached hydrogen (secondary N) is 1. The number of nitrogens with zero attached hydrogens (tertiary/aromatic N) is 1. The average molecular weight is 234 g/mol. The van der Waals surface area contributed by atoms with Crippen molar-refractivity contribution in [2.45, 2.75) is 25.5 Å². The molecule has 1 aromatic rings. The summed E-state index contributed by atoms with van der Waals surface area (Å²) >= 11 is 1.45. The summed E-state index contributed by atoms with van der Waals surface area (Å²) in [5, 5.41) is 0.978. The van der Waals surface area contributed by atoms with Crippen LogP contribution < -0.4 is 4.72 Å². The van der Waals surface area contributed by atoms with Gasteiger partial charge in [0.1, 0.15) is 5.75 Å². The molecule has 0 saturated heterocycles. The molecule has 80 valence electrons. The molecule has 0 spiro atoms. The Morgan fingerprint density at radius 3 is 2.64 bits per heavy atom. The van der Waals surface area contributed by atoms with Gasteiger partial charge in [-0.2, -0.15) is 0 Å². The minimum atomic E-state index is -3.16. The lowest BCUT2D eigenvalue weighted by molar-refractivity contribution is 0.588. The molecule has 0 unspecified atom stereocenters. The largest absolute Gasteiger partial charge is 0.249 e. The van der Waals surface area contributed by atoms with Crippen LogP contribution in [0.2, 0.25) is 0 Å². The first kappa shape index (κ1) is 11.6. The Morgan fingerprint density at radius 2 is 2.21 bits per heavy atom. The van der Waals surface area contributed by atoms with Crippen molar-refractivity contribution in [2.75, 3.05) is 7.05 Å². The summed E-state index contributed by atoms with van der Waals surface area (Å²) in [6, 6.07) is 0. The molecule has 1 rings (SSSR count). The molecule has 0 radical (unpaired) electrons. The fraction of sp³-hybridized carbons (Fsp3) is 0.625. The average Bonchev–Trinajstić information content (AvgIpc) is 2.52. The van der Waals surface area contributed by atoms with Crippen molar-refractivity contribution in [2.24, 2.45) is 0 Å².